The van der Waals surface area contributed by atoms with Gasteiger partial charge in [-0.2, -0.15) is 0 Å². The van der Waals surface area contributed by atoms with Gasteiger partial charge in [-0.1, -0.05) is 51.7 Å². The van der Waals surface area contributed by atoms with E-state index in [1.165, 1.54) is 51.4 Å². The van der Waals surface area contributed by atoms with Crippen LogP contribution in [0.3, 0.4) is 0 Å². The molecule has 0 radical (unpaired) electrons. The van der Waals surface area contributed by atoms with E-state index in [2.05, 4.69) is 26.8 Å². The summed E-state index contributed by atoms with van der Waals surface area (Å²) >= 11 is 0. The Morgan fingerprint density at radius 1 is 1.20 bits per heavy atom. The van der Waals surface area contributed by atoms with E-state index in [9.17, 15) is 9.90 Å². The number of fused-ring (bicyclic) bond motifs is 5. The van der Waals surface area contributed by atoms with Crippen molar-refractivity contribution in [1.82, 2.24) is 0 Å². The summed E-state index contributed by atoms with van der Waals surface area (Å²) in [6, 6.07) is 0. The molecule has 3 saturated carbocycles. The Morgan fingerprint density at radius 2 is 2.00 bits per heavy atom. The molecule has 0 saturated heterocycles. The maximum atomic E-state index is 11.7. The van der Waals surface area contributed by atoms with Crippen LogP contribution in [-0.2, 0) is 4.79 Å². The Hall–Kier alpha value is -0.790. The van der Waals surface area contributed by atoms with Crippen LogP contribution in [0, 0.1) is 40.4 Å². The van der Waals surface area contributed by atoms with E-state index in [-0.39, 0.29) is 5.41 Å². The molecule has 2 heteroatoms. The van der Waals surface area contributed by atoms with Gasteiger partial charge in [0.1, 0.15) is 0 Å². The molecule has 4 rings (SSSR count). The Kier molecular flexibility index (Phi) is 4.32. The number of allylic oxidation sites excluding steroid dienone is 2. The molecule has 0 bridgehead atoms. The number of hydrogen-bond donors (Lipinski definition) is 1. The van der Waals surface area contributed by atoms with Crippen LogP contribution in [0.15, 0.2) is 11.6 Å². The monoisotopic (exact) mass is 344 g/mol. The number of rotatable bonds is 3. The molecule has 0 aromatic rings. The highest BCUT2D eigenvalue weighted by Gasteiger charge is 2.59. The van der Waals surface area contributed by atoms with Gasteiger partial charge in [-0.25, -0.2) is 0 Å². The van der Waals surface area contributed by atoms with Gasteiger partial charge >= 0.3 is 5.97 Å². The van der Waals surface area contributed by atoms with Crippen LogP contribution in [0.25, 0.3) is 0 Å². The van der Waals surface area contributed by atoms with Crippen molar-refractivity contribution < 1.29 is 9.90 Å². The first-order valence-electron chi connectivity index (χ1n) is 10.8. The fourth-order valence-corrected chi connectivity index (χ4v) is 7.98. The standard InChI is InChI=1S/C23H36O2/c1-4-15-9-11-19-18-10-8-16-7-5-6-12-22(16,2)20(18)13-17(14-21(24)25)23(15,19)3/h11,15-18,20H,4-10,12-14H2,1-3H3,(H,24,25)/t15-,16?,17?,18-,20-,22-,23-/m0/s1. The predicted molar refractivity (Wildman–Crippen MR) is 101 cm³/mol. The fourth-order valence-electron chi connectivity index (χ4n) is 7.98. The SMILES string of the molecule is CC[C@H]1CC=C2[C@@H]3CCC4CCCC[C@]4(C)[C@H]3CC(CC(=O)O)[C@@]21C. The molecule has 2 nitrogen and oxygen atoms in total. The van der Waals surface area contributed by atoms with E-state index >= 15 is 0 Å². The van der Waals surface area contributed by atoms with Gasteiger partial charge in [-0.15, -0.1) is 0 Å². The van der Waals surface area contributed by atoms with Crippen molar-refractivity contribution in [2.24, 2.45) is 40.4 Å². The lowest BCUT2D eigenvalue weighted by Gasteiger charge is -2.61. The molecular formula is C23H36O2. The zero-order valence-corrected chi connectivity index (χ0v) is 16.4. The number of carbonyl (C=O) groups is 1. The van der Waals surface area contributed by atoms with Crippen LogP contribution < -0.4 is 0 Å². The van der Waals surface area contributed by atoms with Crippen molar-refractivity contribution in [2.75, 3.05) is 0 Å². The molecule has 140 valence electrons. The van der Waals surface area contributed by atoms with Crippen LogP contribution in [0.4, 0.5) is 0 Å². The van der Waals surface area contributed by atoms with Gasteiger partial charge in [-0.05, 0) is 78.9 Å². The Labute approximate surface area is 153 Å². The Balaban J connectivity index is 1.73. The molecule has 0 spiro atoms. The third-order valence-corrected chi connectivity index (χ3v) is 9.40. The summed E-state index contributed by atoms with van der Waals surface area (Å²) in [5.74, 6) is 2.76. The summed E-state index contributed by atoms with van der Waals surface area (Å²) < 4.78 is 0. The van der Waals surface area contributed by atoms with E-state index in [4.69, 9.17) is 0 Å². The summed E-state index contributed by atoms with van der Waals surface area (Å²) in [6.45, 7) is 7.30. The van der Waals surface area contributed by atoms with Gasteiger partial charge in [0.05, 0.1) is 0 Å². The predicted octanol–water partition coefficient (Wildman–Crippen LogP) is 6.07. The van der Waals surface area contributed by atoms with Gasteiger partial charge in [0.15, 0.2) is 0 Å². The van der Waals surface area contributed by atoms with Crippen molar-refractivity contribution in [3.63, 3.8) is 0 Å². The zero-order chi connectivity index (χ0) is 17.8. The number of carboxylic acid groups (broad SMARTS) is 1. The highest BCUT2D eigenvalue weighted by atomic mass is 16.4. The first-order valence-corrected chi connectivity index (χ1v) is 10.8. The van der Waals surface area contributed by atoms with Crippen molar-refractivity contribution in [3.05, 3.63) is 11.6 Å². The van der Waals surface area contributed by atoms with Crippen molar-refractivity contribution in [3.8, 4) is 0 Å². The average molecular weight is 345 g/mol. The van der Waals surface area contributed by atoms with Gasteiger partial charge in [0, 0.05) is 6.42 Å². The Morgan fingerprint density at radius 3 is 2.72 bits per heavy atom. The van der Waals surface area contributed by atoms with Gasteiger partial charge in [0.2, 0.25) is 0 Å². The van der Waals surface area contributed by atoms with Crippen LogP contribution >= 0.6 is 0 Å². The van der Waals surface area contributed by atoms with E-state index in [1.54, 1.807) is 5.57 Å². The minimum absolute atomic E-state index is 0.145. The van der Waals surface area contributed by atoms with Crippen LogP contribution in [-0.4, -0.2) is 11.1 Å². The molecule has 0 aromatic heterocycles. The lowest BCUT2D eigenvalue weighted by atomic mass is 9.43. The molecule has 7 atom stereocenters. The minimum atomic E-state index is -0.591. The topological polar surface area (TPSA) is 37.3 Å². The lowest BCUT2D eigenvalue weighted by molar-refractivity contribution is -0.142. The van der Waals surface area contributed by atoms with Gasteiger partial charge in [-0.3, -0.25) is 4.79 Å². The molecule has 1 N–H and O–H groups in total. The second-order valence-corrected chi connectivity index (χ2v) is 10.1. The number of aliphatic carboxylic acids is 1. The Bertz CT molecular complexity index is 579. The van der Waals surface area contributed by atoms with E-state index in [1.807, 2.05) is 0 Å². The van der Waals surface area contributed by atoms with E-state index in [0.717, 1.165) is 24.2 Å². The van der Waals surface area contributed by atoms with Crippen molar-refractivity contribution in [2.45, 2.75) is 85.0 Å². The molecular weight excluding hydrogens is 308 g/mol. The van der Waals surface area contributed by atoms with E-state index < -0.39 is 5.97 Å². The normalized spacial score (nSPS) is 48.9. The van der Waals surface area contributed by atoms with Gasteiger partial charge in [0.25, 0.3) is 0 Å². The maximum absolute atomic E-state index is 11.7. The largest absolute Gasteiger partial charge is 0.481 e. The van der Waals surface area contributed by atoms with E-state index in [0.29, 0.717) is 23.7 Å². The van der Waals surface area contributed by atoms with Crippen LogP contribution in [0.5, 0.6) is 0 Å². The third kappa shape index (κ3) is 2.46. The first kappa shape index (κ1) is 17.6. The van der Waals surface area contributed by atoms with Crippen molar-refractivity contribution in [1.29, 1.82) is 0 Å². The second-order valence-electron chi connectivity index (χ2n) is 10.1. The van der Waals surface area contributed by atoms with Crippen LogP contribution in [0.1, 0.15) is 85.0 Å². The smallest absolute Gasteiger partial charge is 0.303 e. The maximum Gasteiger partial charge on any atom is 0.303 e. The van der Waals surface area contributed by atoms with Crippen LogP contribution in [0.2, 0.25) is 0 Å². The molecule has 4 aliphatic carbocycles. The quantitative estimate of drug-likeness (QED) is 0.631. The second kappa shape index (κ2) is 6.13. The number of carboxylic acids is 1. The summed E-state index contributed by atoms with van der Waals surface area (Å²) in [7, 11) is 0. The minimum Gasteiger partial charge on any atom is -0.481 e. The van der Waals surface area contributed by atoms with Crippen molar-refractivity contribution >= 4 is 5.97 Å². The number of hydrogen-bond acceptors (Lipinski definition) is 1. The summed E-state index contributed by atoms with van der Waals surface area (Å²) in [4.78, 5) is 11.7. The third-order valence-electron chi connectivity index (χ3n) is 9.40. The summed E-state index contributed by atoms with van der Waals surface area (Å²) in [5, 5.41) is 9.63. The summed E-state index contributed by atoms with van der Waals surface area (Å²) in [6.07, 6.45) is 14.8. The highest BCUT2D eigenvalue weighted by molar-refractivity contribution is 5.67. The molecule has 4 aliphatic rings. The van der Waals surface area contributed by atoms with Gasteiger partial charge < -0.3 is 5.11 Å². The average Bonchev–Trinajstić information content (AvgIpc) is 2.92. The molecule has 25 heavy (non-hydrogen) atoms. The lowest BCUT2D eigenvalue weighted by Crippen LogP contribution is -2.53. The molecule has 0 aromatic carbocycles. The zero-order valence-electron chi connectivity index (χ0n) is 16.4. The molecule has 0 heterocycles. The first-order chi connectivity index (χ1) is 11.9. The molecule has 0 aliphatic heterocycles. The molecule has 3 fully saturated rings. The highest BCUT2D eigenvalue weighted by Crippen LogP contribution is 2.68. The fraction of sp³-hybridized carbons (Fsp3) is 0.870. The summed E-state index contributed by atoms with van der Waals surface area (Å²) in [5.41, 5.74) is 2.29. The molecule has 0 amide bonds. The molecule has 2 unspecified atom stereocenters.